The maximum absolute atomic E-state index is 12.2. The van der Waals surface area contributed by atoms with Crippen LogP contribution in [-0.2, 0) is 11.4 Å². The summed E-state index contributed by atoms with van der Waals surface area (Å²) in [6.45, 7) is 6.37. The lowest BCUT2D eigenvalue weighted by Crippen LogP contribution is -2.45. The molecule has 2 aromatic rings. The van der Waals surface area contributed by atoms with E-state index in [4.69, 9.17) is 10.5 Å². The van der Waals surface area contributed by atoms with Gasteiger partial charge in [-0.2, -0.15) is 0 Å². The van der Waals surface area contributed by atoms with Crippen LogP contribution in [0, 0.1) is 5.92 Å². The summed E-state index contributed by atoms with van der Waals surface area (Å²) in [7, 11) is 0. The zero-order valence-electron chi connectivity index (χ0n) is 15.5. The van der Waals surface area contributed by atoms with Gasteiger partial charge < -0.3 is 15.8 Å². The first kappa shape index (κ1) is 21.9. The molecule has 2 rings (SSSR count). The number of benzene rings is 1. The van der Waals surface area contributed by atoms with Gasteiger partial charge >= 0.3 is 0 Å². The number of carbonyl (C=O) groups is 1. The molecule has 5 nitrogen and oxygen atoms in total. The predicted molar refractivity (Wildman–Crippen MR) is 106 cm³/mol. The lowest BCUT2D eigenvalue weighted by molar-refractivity contribution is -0.124. The summed E-state index contributed by atoms with van der Waals surface area (Å²) in [5.41, 5.74) is 7.84. The van der Waals surface area contributed by atoms with Crippen molar-refractivity contribution < 1.29 is 9.53 Å². The van der Waals surface area contributed by atoms with Crippen molar-refractivity contribution in [2.24, 2.45) is 11.7 Å². The third-order valence-electron chi connectivity index (χ3n) is 4.39. The van der Waals surface area contributed by atoms with Crippen LogP contribution in [0.25, 0.3) is 0 Å². The van der Waals surface area contributed by atoms with Gasteiger partial charge in [0.15, 0.2) is 0 Å². The van der Waals surface area contributed by atoms with Crippen LogP contribution in [0.4, 0.5) is 0 Å². The number of halogens is 1. The van der Waals surface area contributed by atoms with Crippen molar-refractivity contribution in [2.75, 3.05) is 0 Å². The Hall–Kier alpha value is -2.11. The molecule has 0 bridgehead atoms. The summed E-state index contributed by atoms with van der Waals surface area (Å²) in [5.74, 6) is 0.775. The van der Waals surface area contributed by atoms with Crippen molar-refractivity contribution in [2.45, 2.75) is 45.9 Å². The minimum Gasteiger partial charge on any atom is -0.487 e. The van der Waals surface area contributed by atoms with Crippen molar-refractivity contribution in [3.05, 3.63) is 59.9 Å². The van der Waals surface area contributed by atoms with Crippen molar-refractivity contribution in [1.29, 1.82) is 0 Å². The number of amides is 1. The second-order valence-corrected chi connectivity index (χ2v) is 6.32. The maximum Gasteiger partial charge on any atom is 0.237 e. The third kappa shape index (κ3) is 6.32. The van der Waals surface area contributed by atoms with Crippen molar-refractivity contribution >= 4 is 18.3 Å². The van der Waals surface area contributed by atoms with Crippen LogP contribution in [0.3, 0.4) is 0 Å². The number of nitrogens with two attached hydrogens (primary N) is 1. The van der Waals surface area contributed by atoms with Gasteiger partial charge in [0.2, 0.25) is 5.91 Å². The Morgan fingerprint density at radius 3 is 2.65 bits per heavy atom. The van der Waals surface area contributed by atoms with E-state index >= 15 is 0 Å². The third-order valence-corrected chi connectivity index (χ3v) is 4.39. The largest absolute Gasteiger partial charge is 0.487 e. The molecule has 3 unspecified atom stereocenters. The Morgan fingerprint density at radius 1 is 1.23 bits per heavy atom. The van der Waals surface area contributed by atoms with Crippen LogP contribution in [0.2, 0.25) is 0 Å². The Kier molecular flexibility index (Phi) is 9.10. The molecule has 1 aromatic carbocycles. The summed E-state index contributed by atoms with van der Waals surface area (Å²) in [6.07, 6.45) is 2.62. The van der Waals surface area contributed by atoms with Gasteiger partial charge in [-0.1, -0.05) is 38.5 Å². The standard InChI is InChI=1S/C20H27N3O2.ClH/c1-4-14(2)19(21)20(24)23-15(3)16-8-7-10-18(12-16)25-13-17-9-5-6-11-22-17;/h5-12,14-15,19H,4,13,21H2,1-3H3,(H,23,24);1H. The van der Waals surface area contributed by atoms with Crippen LogP contribution in [-0.4, -0.2) is 16.9 Å². The molecule has 0 radical (unpaired) electrons. The Balaban J connectivity index is 0.00000338. The molecular weight excluding hydrogens is 350 g/mol. The zero-order valence-corrected chi connectivity index (χ0v) is 16.3. The van der Waals surface area contributed by atoms with E-state index in [9.17, 15) is 4.79 Å². The SMILES string of the molecule is CCC(C)C(N)C(=O)NC(C)c1cccc(OCc2ccccn2)c1.Cl. The van der Waals surface area contributed by atoms with Crippen molar-refractivity contribution in [3.63, 3.8) is 0 Å². The molecule has 0 saturated heterocycles. The fourth-order valence-electron chi connectivity index (χ4n) is 2.42. The molecule has 1 aromatic heterocycles. The number of aromatic nitrogens is 1. The number of ether oxygens (including phenoxy) is 1. The van der Waals surface area contributed by atoms with Crippen molar-refractivity contribution in [1.82, 2.24) is 10.3 Å². The molecule has 0 saturated carbocycles. The predicted octanol–water partition coefficient (Wildman–Crippen LogP) is 3.63. The van der Waals surface area contributed by atoms with Crippen LogP contribution in [0.1, 0.15) is 44.5 Å². The van der Waals surface area contributed by atoms with Gasteiger partial charge in [0.25, 0.3) is 0 Å². The summed E-state index contributed by atoms with van der Waals surface area (Å²) < 4.78 is 5.79. The highest BCUT2D eigenvalue weighted by Gasteiger charge is 2.21. The van der Waals surface area contributed by atoms with E-state index in [0.717, 1.165) is 23.4 Å². The Labute approximate surface area is 161 Å². The molecule has 6 heteroatoms. The second-order valence-electron chi connectivity index (χ2n) is 6.32. The molecule has 0 aliphatic carbocycles. The quantitative estimate of drug-likeness (QED) is 0.736. The lowest BCUT2D eigenvalue weighted by atomic mass is 9.98. The van der Waals surface area contributed by atoms with Crippen LogP contribution in [0.5, 0.6) is 5.75 Å². The molecule has 26 heavy (non-hydrogen) atoms. The summed E-state index contributed by atoms with van der Waals surface area (Å²) >= 11 is 0. The summed E-state index contributed by atoms with van der Waals surface area (Å²) in [6, 6.07) is 12.8. The first-order chi connectivity index (χ1) is 12.0. The van der Waals surface area contributed by atoms with E-state index in [0.29, 0.717) is 6.61 Å². The molecule has 142 valence electrons. The zero-order chi connectivity index (χ0) is 18.2. The van der Waals surface area contributed by atoms with Crippen molar-refractivity contribution in [3.8, 4) is 5.75 Å². The van der Waals surface area contributed by atoms with E-state index in [1.165, 1.54) is 0 Å². The number of carbonyl (C=O) groups excluding carboxylic acids is 1. The minimum absolute atomic E-state index is 0. The molecule has 0 fully saturated rings. The van der Waals surface area contributed by atoms with Crippen LogP contribution in [0.15, 0.2) is 48.7 Å². The van der Waals surface area contributed by atoms with E-state index < -0.39 is 6.04 Å². The Bertz CT molecular complexity index is 682. The molecular formula is C20H28ClN3O2. The van der Waals surface area contributed by atoms with Gasteiger partial charge in [0.05, 0.1) is 17.8 Å². The number of hydrogen-bond donors (Lipinski definition) is 2. The molecule has 0 spiro atoms. The monoisotopic (exact) mass is 377 g/mol. The summed E-state index contributed by atoms with van der Waals surface area (Å²) in [5, 5.41) is 2.98. The highest BCUT2D eigenvalue weighted by molar-refractivity contribution is 5.85. The fourth-order valence-corrected chi connectivity index (χ4v) is 2.42. The van der Waals surface area contributed by atoms with Gasteiger partial charge in [-0.15, -0.1) is 12.4 Å². The lowest BCUT2D eigenvalue weighted by Gasteiger charge is -2.21. The smallest absolute Gasteiger partial charge is 0.237 e. The highest BCUT2D eigenvalue weighted by Crippen LogP contribution is 2.20. The maximum atomic E-state index is 12.2. The first-order valence-corrected chi connectivity index (χ1v) is 8.70. The normalized spacial score (nSPS) is 13.8. The summed E-state index contributed by atoms with van der Waals surface area (Å²) in [4.78, 5) is 16.5. The highest BCUT2D eigenvalue weighted by atomic mass is 35.5. The molecule has 1 amide bonds. The molecule has 0 aliphatic heterocycles. The van der Waals surface area contributed by atoms with E-state index in [2.05, 4.69) is 10.3 Å². The van der Waals surface area contributed by atoms with E-state index in [1.54, 1.807) is 6.20 Å². The number of pyridine rings is 1. The van der Waals surface area contributed by atoms with Gasteiger partial charge in [-0.05, 0) is 42.7 Å². The van der Waals surface area contributed by atoms with E-state index in [-0.39, 0.29) is 30.3 Å². The van der Waals surface area contributed by atoms with Gasteiger partial charge in [0, 0.05) is 6.20 Å². The number of hydrogen-bond acceptors (Lipinski definition) is 4. The molecule has 3 N–H and O–H groups in total. The van der Waals surface area contributed by atoms with Crippen LogP contribution >= 0.6 is 12.4 Å². The average molecular weight is 378 g/mol. The minimum atomic E-state index is -0.490. The number of nitrogens with one attached hydrogen (secondary N) is 1. The second kappa shape index (κ2) is 10.8. The van der Waals surface area contributed by atoms with E-state index in [1.807, 2.05) is 63.2 Å². The van der Waals surface area contributed by atoms with Gasteiger partial charge in [-0.25, -0.2) is 0 Å². The molecule has 1 heterocycles. The topological polar surface area (TPSA) is 77.2 Å². The number of nitrogens with zero attached hydrogens (tertiary/aromatic N) is 1. The molecule has 0 aliphatic rings. The van der Waals surface area contributed by atoms with Crippen LogP contribution < -0.4 is 15.8 Å². The number of rotatable bonds is 8. The van der Waals surface area contributed by atoms with Gasteiger partial charge in [-0.3, -0.25) is 9.78 Å². The fraction of sp³-hybridized carbons (Fsp3) is 0.400. The average Bonchev–Trinajstić information content (AvgIpc) is 2.66. The van der Waals surface area contributed by atoms with Gasteiger partial charge in [0.1, 0.15) is 12.4 Å². The molecule has 3 atom stereocenters. The first-order valence-electron chi connectivity index (χ1n) is 8.70. The Morgan fingerprint density at radius 2 is 2.00 bits per heavy atom.